The van der Waals surface area contributed by atoms with Crippen molar-refractivity contribution in [2.24, 2.45) is 0 Å². The SMILES string of the molecule is CCOC(=O)c1cn(-c2ccc3nc(C)sc3c2)c(-c2ccc(N3CC[C@@H](OCCOC)C3)cc2)cc1=O. The third-order valence-corrected chi connectivity index (χ3v) is 7.55. The first-order valence-corrected chi connectivity index (χ1v) is 13.6. The van der Waals surface area contributed by atoms with Crippen LogP contribution in [0.3, 0.4) is 0 Å². The highest BCUT2D eigenvalue weighted by Gasteiger charge is 2.23. The number of thiazole rings is 1. The zero-order valence-electron chi connectivity index (χ0n) is 21.8. The Balaban J connectivity index is 1.49. The first-order chi connectivity index (χ1) is 18.5. The first kappa shape index (κ1) is 26.1. The van der Waals surface area contributed by atoms with Crippen LogP contribution >= 0.6 is 11.3 Å². The van der Waals surface area contributed by atoms with Gasteiger partial charge in [0, 0.05) is 43.8 Å². The van der Waals surface area contributed by atoms with Crippen LogP contribution in [0.4, 0.5) is 5.69 Å². The molecule has 1 atom stereocenters. The number of carbonyl (C=O) groups is 1. The summed E-state index contributed by atoms with van der Waals surface area (Å²) in [6.07, 6.45) is 2.75. The van der Waals surface area contributed by atoms with E-state index >= 15 is 0 Å². The van der Waals surface area contributed by atoms with Crippen LogP contribution in [0.1, 0.15) is 28.7 Å². The average molecular weight is 534 g/mol. The number of benzene rings is 2. The van der Waals surface area contributed by atoms with E-state index in [1.165, 1.54) is 6.07 Å². The lowest BCUT2D eigenvalue weighted by atomic mass is 10.1. The second-order valence-electron chi connectivity index (χ2n) is 9.18. The number of methoxy groups -OCH3 is 1. The second-order valence-corrected chi connectivity index (χ2v) is 10.4. The lowest BCUT2D eigenvalue weighted by Crippen LogP contribution is -2.23. The van der Waals surface area contributed by atoms with Gasteiger partial charge in [0.25, 0.3) is 0 Å². The molecule has 4 aromatic rings. The summed E-state index contributed by atoms with van der Waals surface area (Å²) < 4.78 is 19.0. The van der Waals surface area contributed by atoms with E-state index in [4.69, 9.17) is 14.2 Å². The number of hydrogen-bond acceptors (Lipinski definition) is 8. The smallest absolute Gasteiger partial charge is 0.343 e. The predicted octanol–water partition coefficient (Wildman–Crippen LogP) is 4.84. The van der Waals surface area contributed by atoms with Gasteiger partial charge in [0.1, 0.15) is 5.56 Å². The van der Waals surface area contributed by atoms with E-state index in [1.54, 1.807) is 31.6 Å². The molecule has 3 heterocycles. The number of aromatic nitrogens is 2. The van der Waals surface area contributed by atoms with Crippen LogP contribution in [0.5, 0.6) is 0 Å². The number of fused-ring (bicyclic) bond motifs is 1. The Hall–Kier alpha value is -3.53. The maximum atomic E-state index is 13.0. The van der Waals surface area contributed by atoms with Gasteiger partial charge in [0.2, 0.25) is 0 Å². The molecule has 0 spiro atoms. The van der Waals surface area contributed by atoms with Crippen LogP contribution in [0.25, 0.3) is 27.2 Å². The van der Waals surface area contributed by atoms with Gasteiger partial charge in [0.05, 0.1) is 46.8 Å². The molecule has 2 aromatic carbocycles. The molecule has 1 saturated heterocycles. The third kappa shape index (κ3) is 5.50. The van der Waals surface area contributed by atoms with Crippen molar-refractivity contribution in [3.8, 4) is 16.9 Å². The predicted molar refractivity (Wildman–Crippen MR) is 150 cm³/mol. The molecule has 2 aromatic heterocycles. The van der Waals surface area contributed by atoms with Gasteiger partial charge in [-0.3, -0.25) is 4.79 Å². The van der Waals surface area contributed by atoms with Crippen molar-refractivity contribution in [1.29, 1.82) is 0 Å². The van der Waals surface area contributed by atoms with Crippen molar-refractivity contribution in [3.63, 3.8) is 0 Å². The van der Waals surface area contributed by atoms with Gasteiger partial charge in [0.15, 0.2) is 5.43 Å². The molecular formula is C29H31N3O5S. The van der Waals surface area contributed by atoms with E-state index in [-0.39, 0.29) is 23.7 Å². The Labute approximate surface area is 225 Å². The maximum absolute atomic E-state index is 13.0. The standard InChI is InChI=1S/C29H31N3O5S/c1-4-36-29(34)24-18-32(22-9-10-25-28(15-22)38-19(2)30-25)26(16-27(24)33)20-5-7-21(8-6-20)31-12-11-23(17-31)37-14-13-35-3/h5-10,15-16,18,23H,4,11-14,17H2,1-3H3/t23-/m1/s1. The van der Waals surface area contributed by atoms with Crippen molar-refractivity contribution < 1.29 is 19.0 Å². The summed E-state index contributed by atoms with van der Waals surface area (Å²) in [5.41, 5.74) is 4.05. The van der Waals surface area contributed by atoms with E-state index in [2.05, 4.69) is 22.0 Å². The molecule has 0 amide bonds. The molecule has 1 aliphatic rings. The zero-order valence-corrected chi connectivity index (χ0v) is 22.6. The lowest BCUT2D eigenvalue weighted by molar-refractivity contribution is 0.0280. The molecule has 5 rings (SSSR count). The highest BCUT2D eigenvalue weighted by atomic mass is 32.1. The minimum atomic E-state index is -0.626. The molecule has 198 valence electrons. The molecule has 8 nitrogen and oxygen atoms in total. The average Bonchev–Trinajstić information content (AvgIpc) is 3.54. The van der Waals surface area contributed by atoms with E-state index in [0.717, 1.165) is 51.7 Å². The van der Waals surface area contributed by atoms with Gasteiger partial charge < -0.3 is 23.7 Å². The molecule has 0 N–H and O–H groups in total. The number of ether oxygens (including phenoxy) is 3. The van der Waals surface area contributed by atoms with Gasteiger partial charge in [-0.05, 0) is 56.2 Å². The van der Waals surface area contributed by atoms with Crippen LogP contribution in [0.2, 0.25) is 0 Å². The summed E-state index contributed by atoms with van der Waals surface area (Å²) in [6, 6.07) is 15.6. The highest BCUT2D eigenvalue weighted by Crippen LogP contribution is 2.30. The van der Waals surface area contributed by atoms with Crippen LogP contribution in [-0.2, 0) is 14.2 Å². The number of pyridine rings is 1. The molecule has 1 aliphatic heterocycles. The summed E-state index contributed by atoms with van der Waals surface area (Å²) >= 11 is 1.61. The second kappa shape index (κ2) is 11.5. The Morgan fingerprint density at radius 3 is 2.66 bits per heavy atom. The van der Waals surface area contributed by atoms with Crippen molar-refractivity contribution in [2.45, 2.75) is 26.4 Å². The Morgan fingerprint density at radius 1 is 1.11 bits per heavy atom. The van der Waals surface area contributed by atoms with Crippen molar-refractivity contribution in [1.82, 2.24) is 9.55 Å². The van der Waals surface area contributed by atoms with Gasteiger partial charge >= 0.3 is 5.97 Å². The molecule has 1 fully saturated rings. The maximum Gasteiger partial charge on any atom is 0.343 e. The summed E-state index contributed by atoms with van der Waals surface area (Å²) in [5.74, 6) is -0.626. The monoisotopic (exact) mass is 533 g/mol. The van der Waals surface area contributed by atoms with Crippen LogP contribution < -0.4 is 10.3 Å². The van der Waals surface area contributed by atoms with Crippen molar-refractivity contribution in [3.05, 3.63) is 75.5 Å². The summed E-state index contributed by atoms with van der Waals surface area (Å²) in [4.78, 5) is 32.4. The van der Waals surface area contributed by atoms with E-state index in [9.17, 15) is 9.59 Å². The molecule has 0 saturated carbocycles. The van der Waals surface area contributed by atoms with Gasteiger partial charge in [-0.1, -0.05) is 12.1 Å². The first-order valence-electron chi connectivity index (χ1n) is 12.7. The Bertz CT molecular complexity index is 1490. The fourth-order valence-corrected chi connectivity index (χ4v) is 5.61. The minimum absolute atomic E-state index is 0.00406. The lowest BCUT2D eigenvalue weighted by Gasteiger charge is -2.20. The molecule has 38 heavy (non-hydrogen) atoms. The quantitative estimate of drug-likeness (QED) is 0.225. The van der Waals surface area contributed by atoms with E-state index in [1.807, 2.05) is 41.8 Å². The number of rotatable bonds is 9. The molecule has 9 heteroatoms. The van der Waals surface area contributed by atoms with E-state index < -0.39 is 5.97 Å². The molecular weight excluding hydrogens is 502 g/mol. The number of anilines is 1. The topological polar surface area (TPSA) is 82.9 Å². The Kier molecular flexibility index (Phi) is 7.87. The summed E-state index contributed by atoms with van der Waals surface area (Å²) in [6.45, 7) is 6.84. The van der Waals surface area contributed by atoms with Gasteiger partial charge in [-0.25, -0.2) is 9.78 Å². The molecule has 0 bridgehead atoms. The minimum Gasteiger partial charge on any atom is -0.462 e. The van der Waals surface area contributed by atoms with Crippen molar-refractivity contribution in [2.75, 3.05) is 44.9 Å². The normalized spacial score (nSPS) is 15.3. The highest BCUT2D eigenvalue weighted by molar-refractivity contribution is 7.18. The fraction of sp³-hybridized carbons (Fsp3) is 0.345. The zero-order chi connectivity index (χ0) is 26.6. The number of aryl methyl sites for hydroxylation is 1. The van der Waals surface area contributed by atoms with E-state index in [0.29, 0.717) is 18.9 Å². The van der Waals surface area contributed by atoms with Gasteiger partial charge in [-0.15, -0.1) is 11.3 Å². The molecule has 0 aliphatic carbocycles. The van der Waals surface area contributed by atoms with Crippen LogP contribution in [0, 0.1) is 6.92 Å². The van der Waals surface area contributed by atoms with Crippen LogP contribution in [0.15, 0.2) is 59.5 Å². The van der Waals surface area contributed by atoms with Crippen molar-refractivity contribution >= 4 is 33.2 Å². The number of nitrogens with zero attached hydrogens (tertiary/aromatic N) is 3. The summed E-state index contributed by atoms with van der Waals surface area (Å²) in [5, 5.41) is 0.980. The number of hydrogen-bond donors (Lipinski definition) is 0. The summed E-state index contributed by atoms with van der Waals surface area (Å²) in [7, 11) is 1.68. The van der Waals surface area contributed by atoms with Gasteiger partial charge in [-0.2, -0.15) is 0 Å². The number of esters is 1. The number of carbonyl (C=O) groups excluding carboxylic acids is 1. The van der Waals surface area contributed by atoms with Crippen LogP contribution in [-0.4, -0.2) is 61.6 Å². The third-order valence-electron chi connectivity index (χ3n) is 6.62. The Morgan fingerprint density at radius 2 is 1.89 bits per heavy atom. The largest absolute Gasteiger partial charge is 0.462 e. The molecule has 0 unspecified atom stereocenters. The molecule has 0 radical (unpaired) electrons. The fourth-order valence-electron chi connectivity index (χ4n) is 4.75.